The average Bonchev–Trinajstić information content (AvgIpc) is 1.94. The molecule has 11 heavy (non-hydrogen) atoms. The summed E-state index contributed by atoms with van der Waals surface area (Å²) in [5.74, 6) is 0. The van der Waals surface area contributed by atoms with Crippen molar-refractivity contribution in [1.29, 1.82) is 5.41 Å². The summed E-state index contributed by atoms with van der Waals surface area (Å²) < 4.78 is 0.365. The maximum atomic E-state index is 7.29. The molecule has 0 bridgehead atoms. The molecule has 0 saturated heterocycles. The second kappa shape index (κ2) is 3.36. The summed E-state index contributed by atoms with van der Waals surface area (Å²) in [6, 6.07) is 1.58. The van der Waals surface area contributed by atoms with Gasteiger partial charge >= 0.3 is 0 Å². The Balaban J connectivity index is 3.23. The molecule has 1 aromatic heterocycles. The van der Waals surface area contributed by atoms with Gasteiger partial charge in [-0.15, -0.1) is 0 Å². The van der Waals surface area contributed by atoms with Crippen molar-refractivity contribution in [2.24, 2.45) is 0 Å². The van der Waals surface area contributed by atoms with Gasteiger partial charge in [0.15, 0.2) is 0 Å². The van der Waals surface area contributed by atoms with Gasteiger partial charge in [-0.25, -0.2) is 4.98 Å². The van der Waals surface area contributed by atoms with Crippen molar-refractivity contribution in [3.05, 3.63) is 23.0 Å². The topological polar surface area (TPSA) is 62.8 Å². The Hall–Kier alpha value is -0.360. The van der Waals surface area contributed by atoms with Crippen LogP contribution in [0.3, 0.4) is 0 Å². The molecular weight excluding hydrogens is 276 g/mol. The lowest BCUT2D eigenvalue weighted by atomic mass is 10.2. The smallest absolute Gasteiger partial charge is 0.129 e. The number of aromatic nitrogens is 1. The highest BCUT2D eigenvalue weighted by molar-refractivity contribution is 14.1. The van der Waals surface area contributed by atoms with E-state index in [4.69, 9.17) is 22.7 Å². The molecule has 3 nitrogen and oxygen atoms in total. The Bertz CT molecular complexity index is 300. The molecule has 0 unspecified atom stereocenters. The zero-order chi connectivity index (χ0) is 8.43. The highest BCUT2D eigenvalue weighted by Gasteiger charge is 2.03. The van der Waals surface area contributed by atoms with Crippen LogP contribution in [0.4, 0.5) is 5.69 Å². The van der Waals surface area contributed by atoms with Crippen molar-refractivity contribution < 1.29 is 0 Å². The van der Waals surface area contributed by atoms with Crippen molar-refractivity contribution in [3.8, 4) is 0 Å². The summed E-state index contributed by atoms with van der Waals surface area (Å²) in [6.45, 7) is 0. The molecule has 0 spiro atoms. The third-order valence-corrected chi connectivity index (χ3v) is 1.93. The van der Waals surface area contributed by atoms with E-state index in [-0.39, 0.29) is 0 Å². The normalized spacial score (nSPS) is 9.64. The van der Waals surface area contributed by atoms with Crippen LogP contribution in [0.1, 0.15) is 5.56 Å². The van der Waals surface area contributed by atoms with Crippen LogP contribution in [0.5, 0.6) is 0 Å². The Kier molecular flexibility index (Phi) is 2.67. The van der Waals surface area contributed by atoms with Gasteiger partial charge in [0.05, 0.1) is 11.9 Å². The lowest BCUT2D eigenvalue weighted by Crippen LogP contribution is -1.97. The number of nitrogens with one attached hydrogen (secondary N) is 1. The summed E-state index contributed by atoms with van der Waals surface area (Å²) >= 11 is 7.46. The van der Waals surface area contributed by atoms with Crippen LogP contribution in [0.2, 0.25) is 5.15 Å². The number of nitrogen functional groups attached to an aromatic ring is 1. The number of halogens is 2. The van der Waals surface area contributed by atoms with Crippen molar-refractivity contribution in [2.75, 3.05) is 5.73 Å². The van der Waals surface area contributed by atoms with Gasteiger partial charge in [0.1, 0.15) is 8.87 Å². The summed E-state index contributed by atoms with van der Waals surface area (Å²) in [5, 5.41) is 7.65. The lowest BCUT2D eigenvalue weighted by Gasteiger charge is -2.00. The number of pyridine rings is 1. The fourth-order valence-corrected chi connectivity index (χ4v) is 1.26. The zero-order valence-corrected chi connectivity index (χ0v) is 8.35. The van der Waals surface area contributed by atoms with Gasteiger partial charge in [0.2, 0.25) is 0 Å². The molecule has 3 N–H and O–H groups in total. The Labute approximate surface area is 82.6 Å². The quantitative estimate of drug-likeness (QED) is 0.470. The maximum absolute atomic E-state index is 7.29. The van der Waals surface area contributed by atoms with Crippen LogP contribution in [0.25, 0.3) is 0 Å². The van der Waals surface area contributed by atoms with E-state index in [2.05, 4.69) is 4.98 Å². The predicted molar refractivity (Wildman–Crippen MR) is 54.5 cm³/mol. The molecule has 1 aromatic rings. The van der Waals surface area contributed by atoms with Gasteiger partial charge in [-0.3, -0.25) is 5.41 Å². The summed E-state index contributed by atoms with van der Waals surface area (Å²) in [6.07, 6.45) is 1.45. The van der Waals surface area contributed by atoms with Crippen LogP contribution in [-0.4, -0.2) is 8.70 Å². The summed E-state index contributed by atoms with van der Waals surface area (Å²) in [4.78, 5) is 3.76. The van der Waals surface area contributed by atoms with Gasteiger partial charge in [-0.1, -0.05) is 11.6 Å². The predicted octanol–water partition coefficient (Wildman–Crippen LogP) is 2.08. The number of rotatable bonds is 1. The van der Waals surface area contributed by atoms with E-state index in [1.54, 1.807) is 6.07 Å². The Morgan fingerprint density at radius 3 is 2.82 bits per heavy atom. The van der Waals surface area contributed by atoms with E-state index in [0.717, 1.165) is 0 Å². The standard InChI is InChI=1S/C6H5ClIN3/c7-5-1-3(6(8)10)4(9)2-11-5/h1-2,10H,9H2. The second-order valence-electron chi connectivity index (χ2n) is 1.91. The minimum absolute atomic E-state index is 0.357. The third-order valence-electron chi connectivity index (χ3n) is 1.14. The first kappa shape index (κ1) is 8.73. The second-order valence-corrected chi connectivity index (χ2v) is 3.37. The van der Waals surface area contributed by atoms with E-state index >= 15 is 0 Å². The monoisotopic (exact) mass is 281 g/mol. The van der Waals surface area contributed by atoms with E-state index < -0.39 is 0 Å². The molecular formula is C6H5ClIN3. The maximum Gasteiger partial charge on any atom is 0.129 e. The van der Waals surface area contributed by atoms with Crippen molar-refractivity contribution in [1.82, 2.24) is 4.98 Å². The summed E-state index contributed by atoms with van der Waals surface area (Å²) in [5.41, 5.74) is 6.63. The van der Waals surface area contributed by atoms with Crippen LogP contribution in [0.15, 0.2) is 12.3 Å². The lowest BCUT2D eigenvalue weighted by molar-refractivity contribution is 1.32. The van der Waals surface area contributed by atoms with Gasteiger partial charge in [-0.2, -0.15) is 0 Å². The first-order valence-corrected chi connectivity index (χ1v) is 4.22. The van der Waals surface area contributed by atoms with Crippen molar-refractivity contribution in [3.63, 3.8) is 0 Å². The van der Waals surface area contributed by atoms with E-state index in [1.807, 2.05) is 22.6 Å². The largest absolute Gasteiger partial charge is 0.397 e. The third kappa shape index (κ3) is 2.03. The average molecular weight is 281 g/mol. The molecule has 58 valence electrons. The van der Waals surface area contributed by atoms with E-state index in [1.165, 1.54) is 6.20 Å². The molecule has 0 radical (unpaired) electrons. The van der Waals surface area contributed by atoms with Gasteiger partial charge < -0.3 is 5.73 Å². The number of hydrogen-bond acceptors (Lipinski definition) is 3. The van der Waals surface area contributed by atoms with Gasteiger partial charge in [0.25, 0.3) is 0 Å². The fourth-order valence-electron chi connectivity index (χ4n) is 0.631. The number of nitrogens with two attached hydrogens (primary N) is 1. The van der Waals surface area contributed by atoms with Gasteiger partial charge in [-0.05, 0) is 28.7 Å². The Morgan fingerprint density at radius 2 is 2.36 bits per heavy atom. The highest BCUT2D eigenvalue weighted by Crippen LogP contribution is 2.17. The SMILES string of the molecule is N=C(I)c1cc(Cl)ncc1N. The number of hydrogen-bond donors (Lipinski definition) is 2. The van der Waals surface area contributed by atoms with E-state index in [9.17, 15) is 0 Å². The molecule has 1 rings (SSSR count). The van der Waals surface area contributed by atoms with E-state index in [0.29, 0.717) is 20.1 Å². The van der Waals surface area contributed by atoms with Crippen LogP contribution in [-0.2, 0) is 0 Å². The molecule has 0 amide bonds. The molecule has 0 atom stereocenters. The minimum atomic E-state index is 0.357. The summed E-state index contributed by atoms with van der Waals surface area (Å²) in [7, 11) is 0. The molecule has 5 heteroatoms. The van der Waals surface area contributed by atoms with Crippen LogP contribution in [0, 0.1) is 5.41 Å². The number of anilines is 1. The molecule has 1 heterocycles. The first-order valence-electron chi connectivity index (χ1n) is 2.76. The molecule has 0 aliphatic heterocycles. The first-order chi connectivity index (χ1) is 5.11. The number of nitrogens with zero attached hydrogens (tertiary/aromatic N) is 1. The van der Waals surface area contributed by atoms with Crippen LogP contribution < -0.4 is 5.73 Å². The zero-order valence-electron chi connectivity index (χ0n) is 5.44. The van der Waals surface area contributed by atoms with Crippen LogP contribution >= 0.6 is 34.2 Å². The molecule has 0 aromatic carbocycles. The van der Waals surface area contributed by atoms with Crippen molar-refractivity contribution >= 4 is 43.6 Å². The molecule has 0 aliphatic carbocycles. The van der Waals surface area contributed by atoms with Crippen molar-refractivity contribution in [2.45, 2.75) is 0 Å². The molecule has 0 saturated carbocycles. The Morgan fingerprint density at radius 1 is 1.73 bits per heavy atom. The highest BCUT2D eigenvalue weighted by atomic mass is 127. The molecule has 0 aliphatic rings. The molecule has 0 fully saturated rings. The fraction of sp³-hybridized carbons (Fsp3) is 0. The minimum Gasteiger partial charge on any atom is -0.397 e. The van der Waals surface area contributed by atoms with Gasteiger partial charge in [0, 0.05) is 5.56 Å².